The molecule has 0 bridgehead atoms. The lowest BCUT2D eigenvalue weighted by atomic mass is 10.1. The number of anilines is 1. The van der Waals surface area contributed by atoms with Gasteiger partial charge in [0.25, 0.3) is 0 Å². The number of nitrogens with zero attached hydrogens (tertiary/aromatic N) is 2. The fraction of sp³-hybridized carbons (Fsp3) is 0.357. The van der Waals surface area contributed by atoms with Crippen LogP contribution in [0, 0.1) is 0 Å². The molecule has 0 saturated carbocycles. The van der Waals surface area contributed by atoms with Gasteiger partial charge in [0.05, 0.1) is 22.9 Å². The molecule has 0 amide bonds. The highest BCUT2D eigenvalue weighted by Gasteiger charge is 2.25. The van der Waals surface area contributed by atoms with E-state index in [0.29, 0.717) is 11.1 Å². The Bertz CT molecular complexity index is 556. The lowest BCUT2D eigenvalue weighted by molar-refractivity contribution is 0.121. The van der Waals surface area contributed by atoms with Gasteiger partial charge in [0.1, 0.15) is 5.69 Å². The number of rotatable bonds is 3. The third-order valence-corrected chi connectivity index (χ3v) is 3.74. The fourth-order valence-corrected chi connectivity index (χ4v) is 2.65. The second-order valence-electron chi connectivity index (χ2n) is 4.70. The van der Waals surface area contributed by atoms with Gasteiger partial charge in [0.2, 0.25) is 0 Å². The Kier molecular flexibility index (Phi) is 3.44. The highest BCUT2D eigenvalue weighted by atomic mass is 35.5. The Morgan fingerprint density at radius 2 is 2.32 bits per heavy atom. The first kappa shape index (κ1) is 12.5. The molecule has 100 valence electrons. The van der Waals surface area contributed by atoms with Crippen LogP contribution in [0.5, 0.6) is 0 Å². The van der Waals surface area contributed by atoms with Crippen molar-refractivity contribution in [2.75, 3.05) is 11.9 Å². The van der Waals surface area contributed by atoms with Gasteiger partial charge < -0.3 is 10.1 Å². The molecule has 1 aliphatic rings. The van der Waals surface area contributed by atoms with Crippen LogP contribution in [0.4, 0.5) is 5.69 Å². The Hall–Kier alpha value is -1.52. The monoisotopic (exact) mass is 277 g/mol. The SMILES string of the molecule is CC1OCCC1Nc1cccc(Cl)c1-n1cccn1. The van der Waals surface area contributed by atoms with Crippen LogP contribution in [0.15, 0.2) is 36.7 Å². The molecule has 1 fully saturated rings. The zero-order valence-electron chi connectivity index (χ0n) is 10.7. The number of hydrogen-bond acceptors (Lipinski definition) is 3. The molecule has 19 heavy (non-hydrogen) atoms. The number of aromatic nitrogens is 2. The molecule has 0 aliphatic carbocycles. The lowest BCUT2D eigenvalue weighted by Crippen LogP contribution is -2.27. The van der Waals surface area contributed by atoms with Gasteiger partial charge >= 0.3 is 0 Å². The third-order valence-electron chi connectivity index (χ3n) is 3.44. The molecular weight excluding hydrogens is 262 g/mol. The summed E-state index contributed by atoms with van der Waals surface area (Å²) in [5, 5.41) is 8.46. The summed E-state index contributed by atoms with van der Waals surface area (Å²) in [7, 11) is 0. The number of nitrogens with one attached hydrogen (secondary N) is 1. The van der Waals surface area contributed by atoms with Crippen LogP contribution in [0.25, 0.3) is 5.69 Å². The van der Waals surface area contributed by atoms with E-state index in [1.165, 1.54) is 0 Å². The van der Waals surface area contributed by atoms with Crippen LogP contribution in [0.3, 0.4) is 0 Å². The van der Waals surface area contributed by atoms with E-state index in [0.717, 1.165) is 24.4 Å². The smallest absolute Gasteiger partial charge is 0.106 e. The zero-order chi connectivity index (χ0) is 13.2. The van der Waals surface area contributed by atoms with Crippen LogP contribution in [0.2, 0.25) is 5.02 Å². The minimum atomic E-state index is 0.212. The van der Waals surface area contributed by atoms with Crippen molar-refractivity contribution in [3.63, 3.8) is 0 Å². The standard InChI is InChI=1S/C14H16ClN3O/c1-10-12(6-9-19-10)17-13-5-2-4-11(15)14(13)18-8-3-7-16-18/h2-5,7-8,10,12,17H,6,9H2,1H3. The Morgan fingerprint density at radius 3 is 3.00 bits per heavy atom. The number of ether oxygens (including phenoxy) is 1. The maximum absolute atomic E-state index is 6.31. The van der Waals surface area contributed by atoms with E-state index in [4.69, 9.17) is 16.3 Å². The van der Waals surface area contributed by atoms with Gasteiger partial charge in [-0.25, -0.2) is 4.68 Å². The van der Waals surface area contributed by atoms with E-state index in [9.17, 15) is 0 Å². The van der Waals surface area contributed by atoms with Gasteiger partial charge in [-0.05, 0) is 31.5 Å². The molecule has 1 aromatic carbocycles. The van der Waals surface area contributed by atoms with Gasteiger partial charge in [0.15, 0.2) is 0 Å². The summed E-state index contributed by atoms with van der Waals surface area (Å²) in [6.07, 6.45) is 4.85. The van der Waals surface area contributed by atoms with Crippen LogP contribution in [0.1, 0.15) is 13.3 Å². The average Bonchev–Trinajstić information content (AvgIpc) is 3.03. The molecule has 1 aromatic heterocycles. The number of hydrogen-bond donors (Lipinski definition) is 1. The highest BCUT2D eigenvalue weighted by Crippen LogP contribution is 2.30. The Balaban J connectivity index is 1.95. The summed E-state index contributed by atoms with van der Waals surface area (Å²) in [5.74, 6) is 0. The summed E-state index contributed by atoms with van der Waals surface area (Å²) in [6, 6.07) is 8.03. The predicted molar refractivity (Wildman–Crippen MR) is 76.0 cm³/mol. The molecule has 1 aliphatic heterocycles. The predicted octanol–water partition coefficient (Wildman–Crippen LogP) is 3.12. The Labute approximate surface area is 117 Å². The largest absolute Gasteiger partial charge is 0.378 e. The van der Waals surface area contributed by atoms with E-state index in [1.807, 2.05) is 30.5 Å². The number of para-hydroxylation sites is 1. The van der Waals surface area contributed by atoms with Crippen molar-refractivity contribution in [3.8, 4) is 5.69 Å². The number of halogens is 1. The van der Waals surface area contributed by atoms with Gasteiger partial charge in [-0.2, -0.15) is 5.10 Å². The van der Waals surface area contributed by atoms with E-state index in [2.05, 4.69) is 17.3 Å². The minimum absolute atomic E-state index is 0.212. The van der Waals surface area contributed by atoms with E-state index >= 15 is 0 Å². The van der Waals surface area contributed by atoms with E-state index < -0.39 is 0 Å². The van der Waals surface area contributed by atoms with Crippen molar-refractivity contribution in [2.45, 2.75) is 25.5 Å². The van der Waals surface area contributed by atoms with Crippen LogP contribution in [-0.2, 0) is 4.74 Å². The van der Waals surface area contributed by atoms with Crippen molar-refractivity contribution in [3.05, 3.63) is 41.7 Å². The summed E-state index contributed by atoms with van der Waals surface area (Å²) in [5.41, 5.74) is 1.87. The van der Waals surface area contributed by atoms with Crippen LogP contribution < -0.4 is 5.32 Å². The summed E-state index contributed by atoms with van der Waals surface area (Å²) in [4.78, 5) is 0. The molecule has 5 heteroatoms. The third kappa shape index (κ3) is 2.46. The second kappa shape index (κ2) is 5.23. The maximum Gasteiger partial charge on any atom is 0.106 e. The van der Waals surface area contributed by atoms with Crippen molar-refractivity contribution in [1.29, 1.82) is 0 Å². The topological polar surface area (TPSA) is 39.1 Å². The molecule has 1 N–H and O–H groups in total. The van der Waals surface area contributed by atoms with Gasteiger partial charge in [-0.15, -0.1) is 0 Å². The van der Waals surface area contributed by atoms with Crippen molar-refractivity contribution in [2.24, 2.45) is 0 Å². The summed E-state index contributed by atoms with van der Waals surface area (Å²) < 4.78 is 7.36. The molecular formula is C14H16ClN3O. The molecule has 4 nitrogen and oxygen atoms in total. The van der Waals surface area contributed by atoms with Crippen molar-refractivity contribution in [1.82, 2.24) is 9.78 Å². The molecule has 2 atom stereocenters. The van der Waals surface area contributed by atoms with Gasteiger partial charge in [0, 0.05) is 19.0 Å². The molecule has 2 aromatic rings. The van der Waals surface area contributed by atoms with Crippen molar-refractivity contribution >= 4 is 17.3 Å². The lowest BCUT2D eigenvalue weighted by Gasteiger charge is -2.20. The molecule has 0 radical (unpaired) electrons. The highest BCUT2D eigenvalue weighted by molar-refractivity contribution is 6.33. The van der Waals surface area contributed by atoms with Gasteiger partial charge in [-0.3, -0.25) is 0 Å². The molecule has 1 saturated heterocycles. The Morgan fingerprint density at radius 1 is 1.42 bits per heavy atom. The van der Waals surface area contributed by atoms with Gasteiger partial charge in [-0.1, -0.05) is 17.7 Å². The molecule has 2 heterocycles. The number of benzene rings is 1. The second-order valence-corrected chi connectivity index (χ2v) is 5.11. The first-order valence-electron chi connectivity index (χ1n) is 6.42. The normalized spacial score (nSPS) is 22.6. The van der Waals surface area contributed by atoms with E-state index in [-0.39, 0.29) is 6.10 Å². The van der Waals surface area contributed by atoms with Crippen LogP contribution in [-0.4, -0.2) is 28.5 Å². The van der Waals surface area contributed by atoms with E-state index in [1.54, 1.807) is 10.9 Å². The van der Waals surface area contributed by atoms with Crippen molar-refractivity contribution < 1.29 is 4.74 Å². The van der Waals surface area contributed by atoms with Crippen LogP contribution >= 0.6 is 11.6 Å². The summed E-state index contributed by atoms with van der Waals surface area (Å²) >= 11 is 6.31. The first-order chi connectivity index (χ1) is 9.25. The zero-order valence-corrected chi connectivity index (χ0v) is 11.5. The quantitative estimate of drug-likeness (QED) is 0.937. The first-order valence-corrected chi connectivity index (χ1v) is 6.80. The average molecular weight is 278 g/mol. The maximum atomic E-state index is 6.31. The fourth-order valence-electron chi connectivity index (χ4n) is 2.39. The molecule has 3 rings (SSSR count). The minimum Gasteiger partial charge on any atom is -0.378 e. The molecule has 0 spiro atoms. The summed E-state index contributed by atoms with van der Waals surface area (Å²) in [6.45, 7) is 2.89. The molecule has 2 unspecified atom stereocenters.